The second-order valence-corrected chi connectivity index (χ2v) is 8.21. The molecule has 0 radical (unpaired) electrons. The van der Waals surface area contributed by atoms with Gasteiger partial charge in [-0.3, -0.25) is 4.90 Å². The molecule has 138 valence electrons. The highest BCUT2D eigenvalue weighted by Gasteiger charge is 2.35. The van der Waals surface area contributed by atoms with Crippen molar-refractivity contribution in [2.24, 2.45) is 0 Å². The summed E-state index contributed by atoms with van der Waals surface area (Å²) in [5.74, 6) is -0.644. The first-order chi connectivity index (χ1) is 12.7. The number of hydrogen-bond donors (Lipinski definition) is 0. The lowest BCUT2D eigenvalue weighted by atomic mass is 9.97. The maximum atomic E-state index is 14.5. The second kappa shape index (κ2) is 7.89. The molecule has 0 spiro atoms. The van der Waals surface area contributed by atoms with E-state index in [4.69, 9.17) is 4.74 Å². The second-order valence-electron chi connectivity index (χ2n) is 7.21. The van der Waals surface area contributed by atoms with Gasteiger partial charge in [0.2, 0.25) is 0 Å². The first-order valence-electron chi connectivity index (χ1n) is 9.46. The topological polar surface area (TPSA) is 29.5 Å². The van der Waals surface area contributed by atoms with Crippen molar-refractivity contribution in [3.8, 4) is 0 Å². The molecular formula is C21H24FNO2S. The number of esters is 1. The van der Waals surface area contributed by atoms with E-state index in [1.165, 1.54) is 22.9 Å². The molecule has 2 heterocycles. The zero-order valence-corrected chi connectivity index (χ0v) is 15.6. The van der Waals surface area contributed by atoms with Crippen LogP contribution in [0.15, 0.2) is 35.7 Å². The number of nitrogens with zero attached hydrogens (tertiary/aromatic N) is 1. The smallest absolute Gasteiger partial charge is 0.328 e. The normalized spacial score (nSPS) is 19.7. The van der Waals surface area contributed by atoms with Crippen molar-refractivity contribution < 1.29 is 13.9 Å². The highest BCUT2D eigenvalue weighted by atomic mass is 32.1. The molecule has 0 bridgehead atoms. The molecule has 1 aliphatic heterocycles. The maximum absolute atomic E-state index is 14.5. The standard InChI is InChI=1S/C21H24FNO2S/c22-18-9-5-4-8-17(18)20(21(24)25-16-6-2-1-3-7-16)23-12-10-19-15(14-23)11-13-26-19/h4-5,8-9,11,13,16,20H,1-3,6-7,10,12,14H2/t20-/m1/s1. The number of hydrogen-bond acceptors (Lipinski definition) is 4. The van der Waals surface area contributed by atoms with Crippen LogP contribution in [-0.2, 0) is 22.5 Å². The average Bonchev–Trinajstić information content (AvgIpc) is 3.12. The van der Waals surface area contributed by atoms with Gasteiger partial charge in [-0.05, 0) is 55.2 Å². The van der Waals surface area contributed by atoms with E-state index >= 15 is 0 Å². The van der Waals surface area contributed by atoms with Crippen molar-refractivity contribution in [2.45, 2.75) is 57.2 Å². The van der Waals surface area contributed by atoms with Gasteiger partial charge in [-0.1, -0.05) is 24.6 Å². The third kappa shape index (κ3) is 3.69. The van der Waals surface area contributed by atoms with Gasteiger partial charge in [0.1, 0.15) is 18.0 Å². The summed E-state index contributed by atoms with van der Waals surface area (Å²) in [6.07, 6.45) is 6.13. The molecule has 1 fully saturated rings. The van der Waals surface area contributed by atoms with Crippen LogP contribution in [0.2, 0.25) is 0 Å². The molecule has 1 aliphatic carbocycles. The van der Waals surface area contributed by atoms with E-state index in [1.807, 2.05) is 0 Å². The molecule has 1 aromatic carbocycles. The zero-order valence-electron chi connectivity index (χ0n) is 14.8. The van der Waals surface area contributed by atoms with Gasteiger partial charge in [-0.25, -0.2) is 9.18 Å². The van der Waals surface area contributed by atoms with Crippen LogP contribution >= 0.6 is 11.3 Å². The molecule has 0 unspecified atom stereocenters. The monoisotopic (exact) mass is 373 g/mol. The highest BCUT2D eigenvalue weighted by molar-refractivity contribution is 7.10. The first kappa shape index (κ1) is 17.7. The summed E-state index contributed by atoms with van der Waals surface area (Å²) in [6.45, 7) is 1.41. The molecule has 2 aromatic rings. The third-order valence-corrected chi connectivity index (χ3v) is 6.48. The molecule has 1 atom stereocenters. The quantitative estimate of drug-likeness (QED) is 0.717. The molecule has 1 aromatic heterocycles. The molecule has 0 amide bonds. The highest BCUT2D eigenvalue weighted by Crippen LogP contribution is 2.33. The number of benzene rings is 1. The Hall–Kier alpha value is -1.72. The van der Waals surface area contributed by atoms with Crippen LogP contribution in [0.5, 0.6) is 0 Å². The summed E-state index contributed by atoms with van der Waals surface area (Å²) in [5.41, 5.74) is 1.67. The number of carbonyl (C=O) groups is 1. The Morgan fingerprint density at radius 3 is 2.81 bits per heavy atom. The molecule has 2 aliphatic rings. The molecule has 5 heteroatoms. The summed E-state index contributed by atoms with van der Waals surface area (Å²) < 4.78 is 20.4. The summed E-state index contributed by atoms with van der Waals surface area (Å²) in [4.78, 5) is 16.5. The Morgan fingerprint density at radius 1 is 1.19 bits per heavy atom. The average molecular weight is 373 g/mol. The predicted molar refractivity (Wildman–Crippen MR) is 101 cm³/mol. The molecule has 0 N–H and O–H groups in total. The Balaban J connectivity index is 1.59. The van der Waals surface area contributed by atoms with E-state index in [1.54, 1.807) is 29.5 Å². The van der Waals surface area contributed by atoms with E-state index in [9.17, 15) is 9.18 Å². The van der Waals surface area contributed by atoms with Crippen molar-refractivity contribution in [2.75, 3.05) is 6.54 Å². The Labute approximate surface area is 157 Å². The maximum Gasteiger partial charge on any atom is 0.328 e. The lowest BCUT2D eigenvalue weighted by molar-refractivity contribution is -0.158. The van der Waals surface area contributed by atoms with Crippen LogP contribution in [-0.4, -0.2) is 23.5 Å². The Morgan fingerprint density at radius 2 is 2.00 bits per heavy atom. The van der Waals surface area contributed by atoms with Gasteiger partial charge in [0.05, 0.1) is 0 Å². The molecule has 26 heavy (non-hydrogen) atoms. The van der Waals surface area contributed by atoms with Crippen molar-refractivity contribution in [3.63, 3.8) is 0 Å². The fourth-order valence-corrected chi connectivity index (χ4v) is 4.96. The zero-order chi connectivity index (χ0) is 17.9. The number of halogens is 1. The molecule has 4 rings (SSSR count). The lowest BCUT2D eigenvalue weighted by Crippen LogP contribution is -2.40. The fraction of sp³-hybridized carbons (Fsp3) is 0.476. The van der Waals surface area contributed by atoms with Gasteiger partial charge >= 0.3 is 5.97 Å². The molecular weight excluding hydrogens is 349 g/mol. The Bertz CT molecular complexity index is 769. The summed E-state index contributed by atoms with van der Waals surface area (Å²) in [6, 6.07) is 8.03. The van der Waals surface area contributed by atoms with Crippen molar-refractivity contribution in [3.05, 3.63) is 57.5 Å². The molecule has 1 saturated carbocycles. The fourth-order valence-electron chi connectivity index (χ4n) is 4.07. The van der Waals surface area contributed by atoms with Crippen molar-refractivity contribution in [1.29, 1.82) is 0 Å². The largest absolute Gasteiger partial charge is 0.461 e. The van der Waals surface area contributed by atoms with Gasteiger partial charge < -0.3 is 4.74 Å². The van der Waals surface area contributed by atoms with E-state index in [0.29, 0.717) is 12.1 Å². The number of ether oxygens (including phenoxy) is 1. The number of rotatable bonds is 4. The SMILES string of the molecule is O=C(OC1CCCCC1)[C@@H](c1ccccc1F)N1CCc2sccc2C1. The van der Waals surface area contributed by atoms with E-state index in [2.05, 4.69) is 16.3 Å². The van der Waals surface area contributed by atoms with Crippen LogP contribution in [0.1, 0.15) is 54.1 Å². The predicted octanol–water partition coefficient (Wildman–Crippen LogP) is 4.86. The van der Waals surface area contributed by atoms with Crippen LogP contribution in [0.4, 0.5) is 4.39 Å². The van der Waals surface area contributed by atoms with Crippen LogP contribution in [0.3, 0.4) is 0 Å². The van der Waals surface area contributed by atoms with Gasteiger partial charge in [0, 0.05) is 23.5 Å². The molecule has 0 saturated heterocycles. The van der Waals surface area contributed by atoms with Crippen LogP contribution in [0, 0.1) is 5.82 Å². The summed E-state index contributed by atoms with van der Waals surface area (Å²) in [5, 5.41) is 2.09. The van der Waals surface area contributed by atoms with E-state index in [0.717, 1.165) is 38.6 Å². The summed E-state index contributed by atoms with van der Waals surface area (Å²) >= 11 is 1.76. The minimum absolute atomic E-state index is 0.0213. The van der Waals surface area contributed by atoms with Crippen LogP contribution in [0.25, 0.3) is 0 Å². The minimum Gasteiger partial charge on any atom is -0.461 e. The Kier molecular flexibility index (Phi) is 5.36. The third-order valence-electron chi connectivity index (χ3n) is 5.46. The van der Waals surface area contributed by atoms with Gasteiger partial charge in [0.15, 0.2) is 0 Å². The van der Waals surface area contributed by atoms with E-state index in [-0.39, 0.29) is 17.9 Å². The van der Waals surface area contributed by atoms with Gasteiger partial charge in [-0.15, -0.1) is 11.3 Å². The molecule has 3 nitrogen and oxygen atoms in total. The van der Waals surface area contributed by atoms with Gasteiger partial charge in [-0.2, -0.15) is 0 Å². The first-order valence-corrected chi connectivity index (χ1v) is 10.3. The summed E-state index contributed by atoms with van der Waals surface area (Å²) in [7, 11) is 0. The minimum atomic E-state index is -0.675. The number of thiophene rings is 1. The van der Waals surface area contributed by atoms with Crippen molar-refractivity contribution in [1.82, 2.24) is 4.90 Å². The lowest BCUT2D eigenvalue weighted by Gasteiger charge is -2.34. The van der Waals surface area contributed by atoms with Crippen LogP contribution < -0.4 is 0 Å². The number of fused-ring (bicyclic) bond motifs is 1. The van der Waals surface area contributed by atoms with Crippen molar-refractivity contribution >= 4 is 17.3 Å². The van der Waals surface area contributed by atoms with E-state index < -0.39 is 6.04 Å². The van der Waals surface area contributed by atoms with Gasteiger partial charge in [0.25, 0.3) is 0 Å². The number of carbonyl (C=O) groups excluding carboxylic acids is 1.